The highest BCUT2D eigenvalue weighted by atomic mass is 16.2. The summed E-state index contributed by atoms with van der Waals surface area (Å²) in [6.45, 7) is 8.69. The van der Waals surface area contributed by atoms with Crippen LogP contribution in [-0.4, -0.2) is 29.1 Å². The lowest BCUT2D eigenvalue weighted by molar-refractivity contribution is -0.131. The van der Waals surface area contributed by atoms with Gasteiger partial charge < -0.3 is 4.90 Å². The van der Waals surface area contributed by atoms with Crippen molar-refractivity contribution in [2.45, 2.75) is 65.2 Å². The molecule has 1 saturated heterocycles. The third-order valence-corrected chi connectivity index (χ3v) is 3.53. The molecule has 0 spiro atoms. The number of nitrogens with one attached hydrogen (secondary N) is 1. The second-order valence-corrected chi connectivity index (χ2v) is 6.01. The first-order chi connectivity index (χ1) is 7.50. The summed E-state index contributed by atoms with van der Waals surface area (Å²) in [5.74, 6) is 1.37. The number of amides is 1. The molecule has 2 unspecified atom stereocenters. The Hall–Kier alpha value is -0.570. The predicted molar refractivity (Wildman–Crippen MR) is 64.9 cm³/mol. The third-order valence-electron chi connectivity index (χ3n) is 3.53. The summed E-state index contributed by atoms with van der Waals surface area (Å²) in [4.78, 5) is 14.4. The third kappa shape index (κ3) is 2.24. The van der Waals surface area contributed by atoms with E-state index in [1.165, 1.54) is 12.8 Å². The van der Waals surface area contributed by atoms with Gasteiger partial charge >= 0.3 is 0 Å². The molecule has 1 amide bonds. The molecule has 0 aromatic rings. The van der Waals surface area contributed by atoms with Gasteiger partial charge in [0.15, 0.2) is 0 Å². The van der Waals surface area contributed by atoms with Crippen molar-refractivity contribution in [3.05, 3.63) is 0 Å². The first-order valence-corrected chi connectivity index (χ1v) is 6.59. The minimum Gasteiger partial charge on any atom is -0.323 e. The first-order valence-electron chi connectivity index (χ1n) is 6.59. The van der Waals surface area contributed by atoms with Crippen molar-refractivity contribution < 1.29 is 4.79 Å². The normalized spacial score (nSPS) is 30.9. The monoisotopic (exact) mass is 224 g/mol. The first kappa shape index (κ1) is 11.9. The van der Waals surface area contributed by atoms with E-state index in [1.54, 1.807) is 0 Å². The zero-order chi connectivity index (χ0) is 11.9. The lowest BCUT2D eigenvalue weighted by Gasteiger charge is -2.25. The van der Waals surface area contributed by atoms with Gasteiger partial charge in [-0.3, -0.25) is 10.1 Å². The van der Waals surface area contributed by atoms with Crippen molar-refractivity contribution in [2.75, 3.05) is 0 Å². The summed E-state index contributed by atoms with van der Waals surface area (Å²) in [6, 6.07) is 0.580. The molecule has 1 aliphatic carbocycles. The van der Waals surface area contributed by atoms with Crippen LogP contribution in [0.1, 0.15) is 47.0 Å². The molecule has 0 aromatic carbocycles. The van der Waals surface area contributed by atoms with Crippen LogP contribution in [0.5, 0.6) is 0 Å². The molecular formula is C13H24N2O. The van der Waals surface area contributed by atoms with Crippen molar-refractivity contribution in [1.29, 1.82) is 0 Å². The number of carbonyl (C=O) groups is 1. The topological polar surface area (TPSA) is 32.3 Å². The van der Waals surface area contributed by atoms with Crippen molar-refractivity contribution in [1.82, 2.24) is 10.2 Å². The van der Waals surface area contributed by atoms with Gasteiger partial charge in [-0.15, -0.1) is 0 Å². The Balaban J connectivity index is 2.08. The van der Waals surface area contributed by atoms with Gasteiger partial charge in [-0.2, -0.15) is 0 Å². The Bertz CT molecular complexity index is 271. The fourth-order valence-electron chi connectivity index (χ4n) is 2.57. The molecule has 1 aliphatic heterocycles. The minimum atomic E-state index is 0.0457. The number of carbonyl (C=O) groups excluding carboxylic acids is 1. The average Bonchev–Trinajstić information content (AvgIpc) is 2.92. The molecule has 2 rings (SSSR count). The Morgan fingerprint density at radius 3 is 2.38 bits per heavy atom. The largest absolute Gasteiger partial charge is 0.323 e. The quantitative estimate of drug-likeness (QED) is 0.792. The summed E-state index contributed by atoms with van der Waals surface area (Å²) in [6.07, 6.45) is 3.76. The van der Waals surface area contributed by atoms with E-state index in [2.05, 4.69) is 37.9 Å². The maximum atomic E-state index is 12.3. The van der Waals surface area contributed by atoms with Crippen LogP contribution < -0.4 is 5.32 Å². The maximum absolute atomic E-state index is 12.3. The van der Waals surface area contributed by atoms with Gasteiger partial charge in [-0.05, 0) is 31.1 Å². The van der Waals surface area contributed by atoms with E-state index in [4.69, 9.17) is 0 Å². The zero-order valence-corrected chi connectivity index (χ0v) is 10.9. The summed E-state index contributed by atoms with van der Waals surface area (Å²) >= 11 is 0. The van der Waals surface area contributed by atoms with Gasteiger partial charge in [0.1, 0.15) is 0 Å². The van der Waals surface area contributed by atoms with Crippen molar-refractivity contribution >= 4 is 5.91 Å². The van der Waals surface area contributed by atoms with Gasteiger partial charge in [-0.1, -0.05) is 27.7 Å². The molecule has 0 radical (unpaired) electrons. The van der Waals surface area contributed by atoms with Crippen LogP contribution in [0.4, 0.5) is 0 Å². The molecule has 3 heteroatoms. The summed E-state index contributed by atoms with van der Waals surface area (Å²) < 4.78 is 0. The highest BCUT2D eigenvalue weighted by Crippen LogP contribution is 2.34. The Labute approximate surface area is 98.6 Å². The van der Waals surface area contributed by atoms with E-state index in [-0.39, 0.29) is 12.2 Å². The van der Waals surface area contributed by atoms with Crippen LogP contribution in [0.3, 0.4) is 0 Å². The lowest BCUT2D eigenvalue weighted by atomic mass is 10.0. The van der Waals surface area contributed by atoms with E-state index in [1.807, 2.05) is 0 Å². The van der Waals surface area contributed by atoms with Crippen molar-refractivity contribution in [2.24, 2.45) is 11.8 Å². The van der Waals surface area contributed by atoms with Gasteiger partial charge in [0.25, 0.3) is 0 Å². The van der Waals surface area contributed by atoms with E-state index in [9.17, 15) is 4.79 Å². The zero-order valence-electron chi connectivity index (χ0n) is 10.9. The van der Waals surface area contributed by atoms with Crippen LogP contribution in [0.2, 0.25) is 0 Å². The average molecular weight is 224 g/mol. The van der Waals surface area contributed by atoms with Crippen LogP contribution in [0.25, 0.3) is 0 Å². The second kappa shape index (κ2) is 4.36. The van der Waals surface area contributed by atoms with Crippen LogP contribution in [-0.2, 0) is 4.79 Å². The smallest absolute Gasteiger partial charge is 0.241 e. The number of rotatable bonds is 4. The number of hydrogen-bond donors (Lipinski definition) is 1. The molecule has 2 fully saturated rings. The predicted octanol–water partition coefficient (Wildman–Crippen LogP) is 1.98. The minimum absolute atomic E-state index is 0.0457. The second-order valence-electron chi connectivity index (χ2n) is 6.01. The molecule has 1 heterocycles. The van der Waals surface area contributed by atoms with Gasteiger partial charge in [-0.25, -0.2) is 0 Å². The van der Waals surface area contributed by atoms with Crippen molar-refractivity contribution in [3.63, 3.8) is 0 Å². The molecule has 0 bridgehead atoms. The fraction of sp³-hybridized carbons (Fsp3) is 0.923. The molecule has 2 aliphatic rings. The van der Waals surface area contributed by atoms with E-state index < -0.39 is 0 Å². The SMILES string of the molecule is CC(C)CC1NC(C(C)C)C(=O)N1C1CC1. The molecule has 92 valence electrons. The molecule has 1 N–H and O–H groups in total. The number of hydrogen-bond acceptors (Lipinski definition) is 2. The van der Waals surface area contributed by atoms with Crippen molar-refractivity contribution in [3.8, 4) is 0 Å². The molecule has 2 atom stereocenters. The molecular weight excluding hydrogens is 200 g/mol. The highest BCUT2D eigenvalue weighted by molar-refractivity contribution is 5.85. The van der Waals surface area contributed by atoms with E-state index in [0.29, 0.717) is 23.8 Å². The van der Waals surface area contributed by atoms with Gasteiger partial charge in [0, 0.05) is 6.04 Å². The Morgan fingerprint density at radius 2 is 1.94 bits per heavy atom. The van der Waals surface area contributed by atoms with Crippen LogP contribution in [0, 0.1) is 11.8 Å². The summed E-state index contributed by atoms with van der Waals surface area (Å²) in [7, 11) is 0. The summed E-state index contributed by atoms with van der Waals surface area (Å²) in [5, 5.41) is 3.52. The molecule has 16 heavy (non-hydrogen) atoms. The Morgan fingerprint density at radius 1 is 1.31 bits per heavy atom. The number of nitrogens with zero attached hydrogens (tertiary/aromatic N) is 1. The fourth-order valence-corrected chi connectivity index (χ4v) is 2.57. The van der Waals surface area contributed by atoms with Crippen LogP contribution in [0.15, 0.2) is 0 Å². The molecule has 3 nitrogen and oxygen atoms in total. The van der Waals surface area contributed by atoms with Gasteiger partial charge in [0.2, 0.25) is 5.91 Å². The van der Waals surface area contributed by atoms with Gasteiger partial charge in [0.05, 0.1) is 12.2 Å². The Kier molecular flexibility index (Phi) is 3.24. The molecule has 0 aromatic heterocycles. The van der Waals surface area contributed by atoms with E-state index >= 15 is 0 Å². The molecule has 1 saturated carbocycles. The maximum Gasteiger partial charge on any atom is 0.241 e. The lowest BCUT2D eigenvalue weighted by Crippen LogP contribution is -2.39. The van der Waals surface area contributed by atoms with Crippen LogP contribution >= 0.6 is 0 Å². The highest BCUT2D eigenvalue weighted by Gasteiger charge is 2.46. The standard InChI is InChI=1S/C13H24N2O/c1-8(2)7-11-14-12(9(3)4)13(16)15(11)10-5-6-10/h8-12,14H,5-7H2,1-4H3. The summed E-state index contributed by atoms with van der Waals surface area (Å²) in [5.41, 5.74) is 0. The van der Waals surface area contributed by atoms with E-state index in [0.717, 1.165) is 6.42 Å².